The molecule has 2 aliphatic rings. The Bertz CT molecular complexity index is 777. The molecule has 3 heterocycles. The molecule has 25 heavy (non-hydrogen) atoms. The molecule has 130 valence electrons. The Morgan fingerprint density at radius 1 is 1.20 bits per heavy atom. The molecule has 4 rings (SSSR count). The number of fused-ring (bicyclic) bond motifs is 1. The minimum atomic E-state index is -0.203. The fraction of sp³-hybridized carbons (Fsp3) is 0.400. The average Bonchev–Trinajstić information content (AvgIpc) is 2.85. The topological polar surface area (TPSA) is 47.5 Å². The van der Waals surface area contributed by atoms with Crippen molar-refractivity contribution in [1.29, 1.82) is 0 Å². The highest BCUT2D eigenvalue weighted by atomic mass is 16.5. The molecule has 1 aromatic heterocycles. The molecule has 1 fully saturated rings. The monoisotopic (exact) mass is 337 g/mol. The van der Waals surface area contributed by atoms with E-state index >= 15 is 0 Å². The molecule has 0 N–H and O–H groups in total. The summed E-state index contributed by atoms with van der Waals surface area (Å²) >= 11 is 0. The van der Waals surface area contributed by atoms with Crippen molar-refractivity contribution in [2.75, 3.05) is 25.1 Å². The van der Waals surface area contributed by atoms with Gasteiger partial charge in [0.15, 0.2) is 0 Å². The molecule has 1 unspecified atom stereocenters. The van der Waals surface area contributed by atoms with Crippen LogP contribution in [-0.2, 0) is 11.3 Å². The second-order valence-corrected chi connectivity index (χ2v) is 6.68. The number of ether oxygens (including phenoxy) is 2. The molecule has 0 bridgehead atoms. The first-order valence-electron chi connectivity index (χ1n) is 8.80. The predicted molar refractivity (Wildman–Crippen MR) is 97.6 cm³/mol. The first kappa shape index (κ1) is 16.1. The van der Waals surface area contributed by atoms with Gasteiger partial charge in [0.25, 0.3) is 0 Å². The first-order valence-corrected chi connectivity index (χ1v) is 8.80. The standard InChI is InChI=1S/C20H23N3O2/c1-24-14-17-13-19(22-15-21-17)23-11-4-8-20(10-12-23)9-7-16-5-2-3-6-18(16)25-20/h2-3,5-7,9,13,15H,4,8,10-12,14H2,1H3. The van der Waals surface area contributed by atoms with E-state index in [1.165, 1.54) is 0 Å². The Morgan fingerprint density at radius 3 is 3.04 bits per heavy atom. The molecule has 1 saturated heterocycles. The highest BCUT2D eigenvalue weighted by Gasteiger charge is 2.35. The Labute approximate surface area is 148 Å². The fourth-order valence-electron chi connectivity index (χ4n) is 3.62. The maximum Gasteiger partial charge on any atom is 0.132 e. The molecule has 1 spiro atoms. The van der Waals surface area contributed by atoms with E-state index in [4.69, 9.17) is 9.47 Å². The number of methoxy groups -OCH3 is 1. The van der Waals surface area contributed by atoms with E-state index in [9.17, 15) is 0 Å². The second-order valence-electron chi connectivity index (χ2n) is 6.68. The molecular formula is C20H23N3O2. The van der Waals surface area contributed by atoms with E-state index in [1.54, 1.807) is 13.4 Å². The first-order chi connectivity index (χ1) is 12.3. The van der Waals surface area contributed by atoms with Crippen LogP contribution >= 0.6 is 0 Å². The van der Waals surface area contributed by atoms with Crippen molar-refractivity contribution in [1.82, 2.24) is 9.97 Å². The van der Waals surface area contributed by atoms with Gasteiger partial charge in [-0.25, -0.2) is 9.97 Å². The van der Waals surface area contributed by atoms with E-state index < -0.39 is 0 Å². The van der Waals surface area contributed by atoms with Crippen LogP contribution in [0.1, 0.15) is 30.5 Å². The maximum atomic E-state index is 6.42. The zero-order valence-corrected chi connectivity index (χ0v) is 14.5. The number of para-hydroxylation sites is 1. The second kappa shape index (κ2) is 6.84. The van der Waals surface area contributed by atoms with Crippen molar-refractivity contribution in [3.8, 4) is 5.75 Å². The molecular weight excluding hydrogens is 314 g/mol. The molecule has 5 heteroatoms. The SMILES string of the molecule is COCc1cc(N2CCCC3(C=Cc4ccccc4O3)CC2)ncn1. The van der Waals surface area contributed by atoms with Gasteiger partial charge in [-0.1, -0.05) is 24.3 Å². The van der Waals surface area contributed by atoms with Crippen LogP contribution in [-0.4, -0.2) is 35.8 Å². The van der Waals surface area contributed by atoms with Gasteiger partial charge in [-0.2, -0.15) is 0 Å². The Kier molecular flexibility index (Phi) is 4.40. The van der Waals surface area contributed by atoms with Crippen molar-refractivity contribution < 1.29 is 9.47 Å². The Hall–Kier alpha value is -2.40. The van der Waals surface area contributed by atoms with Gasteiger partial charge in [0.2, 0.25) is 0 Å². The molecule has 2 aliphatic heterocycles. The van der Waals surface area contributed by atoms with Gasteiger partial charge in [-0.05, 0) is 25.0 Å². The van der Waals surface area contributed by atoms with Crippen molar-refractivity contribution in [2.24, 2.45) is 0 Å². The highest BCUT2D eigenvalue weighted by Crippen LogP contribution is 2.37. The minimum Gasteiger partial charge on any atom is -0.483 e. The van der Waals surface area contributed by atoms with E-state index in [1.807, 2.05) is 18.2 Å². The zero-order chi connectivity index (χ0) is 17.1. The van der Waals surface area contributed by atoms with E-state index in [2.05, 4.69) is 39.2 Å². The average molecular weight is 337 g/mol. The summed E-state index contributed by atoms with van der Waals surface area (Å²) < 4.78 is 11.6. The van der Waals surface area contributed by atoms with Crippen molar-refractivity contribution in [2.45, 2.75) is 31.5 Å². The van der Waals surface area contributed by atoms with Gasteiger partial charge >= 0.3 is 0 Å². The Balaban J connectivity index is 1.50. The predicted octanol–water partition coefficient (Wildman–Crippen LogP) is 3.46. The zero-order valence-electron chi connectivity index (χ0n) is 14.5. The van der Waals surface area contributed by atoms with Crippen molar-refractivity contribution >= 4 is 11.9 Å². The molecule has 0 radical (unpaired) electrons. The van der Waals surface area contributed by atoms with Crippen LogP contribution < -0.4 is 9.64 Å². The summed E-state index contributed by atoms with van der Waals surface area (Å²) in [7, 11) is 1.68. The summed E-state index contributed by atoms with van der Waals surface area (Å²) in [5.41, 5.74) is 1.87. The quantitative estimate of drug-likeness (QED) is 0.858. The lowest BCUT2D eigenvalue weighted by molar-refractivity contribution is 0.104. The molecule has 0 saturated carbocycles. The molecule has 1 aromatic carbocycles. The van der Waals surface area contributed by atoms with Crippen LogP contribution in [0.4, 0.5) is 5.82 Å². The van der Waals surface area contributed by atoms with Crippen molar-refractivity contribution in [3.05, 3.63) is 54.0 Å². The number of aromatic nitrogens is 2. The normalized spacial score (nSPS) is 22.4. The van der Waals surface area contributed by atoms with E-state index in [0.717, 1.165) is 55.2 Å². The van der Waals surface area contributed by atoms with Crippen LogP contribution in [0.5, 0.6) is 5.75 Å². The van der Waals surface area contributed by atoms with E-state index in [-0.39, 0.29) is 5.60 Å². The number of hydrogen-bond acceptors (Lipinski definition) is 5. The number of rotatable bonds is 3. The third-order valence-electron chi connectivity index (χ3n) is 4.96. The van der Waals surface area contributed by atoms with Gasteiger partial charge in [0.05, 0.1) is 12.3 Å². The molecule has 0 amide bonds. The van der Waals surface area contributed by atoms with Gasteiger partial charge in [0, 0.05) is 38.2 Å². The van der Waals surface area contributed by atoms with Crippen LogP contribution in [0.3, 0.4) is 0 Å². The van der Waals surface area contributed by atoms with Crippen LogP contribution in [0, 0.1) is 0 Å². The summed E-state index contributed by atoms with van der Waals surface area (Å²) in [6.07, 6.45) is 9.10. The molecule has 5 nitrogen and oxygen atoms in total. The third kappa shape index (κ3) is 3.37. The summed E-state index contributed by atoms with van der Waals surface area (Å²) in [5.74, 6) is 1.96. The third-order valence-corrected chi connectivity index (χ3v) is 4.96. The maximum absolute atomic E-state index is 6.42. The lowest BCUT2D eigenvalue weighted by atomic mass is 9.91. The van der Waals surface area contributed by atoms with Gasteiger partial charge < -0.3 is 14.4 Å². The van der Waals surface area contributed by atoms with Gasteiger partial charge in [-0.3, -0.25) is 0 Å². The van der Waals surface area contributed by atoms with Gasteiger partial charge in [0.1, 0.15) is 23.5 Å². The summed E-state index contributed by atoms with van der Waals surface area (Å²) in [4.78, 5) is 11.0. The smallest absolute Gasteiger partial charge is 0.132 e. The minimum absolute atomic E-state index is 0.203. The highest BCUT2D eigenvalue weighted by molar-refractivity contribution is 5.61. The largest absolute Gasteiger partial charge is 0.483 e. The summed E-state index contributed by atoms with van der Waals surface area (Å²) in [6.45, 7) is 2.40. The van der Waals surface area contributed by atoms with Crippen LogP contribution in [0.2, 0.25) is 0 Å². The number of benzene rings is 1. The lowest BCUT2D eigenvalue weighted by Crippen LogP contribution is -2.37. The number of anilines is 1. The van der Waals surface area contributed by atoms with Crippen molar-refractivity contribution in [3.63, 3.8) is 0 Å². The van der Waals surface area contributed by atoms with E-state index in [0.29, 0.717) is 6.61 Å². The molecule has 1 atom stereocenters. The Morgan fingerprint density at radius 2 is 2.12 bits per heavy atom. The lowest BCUT2D eigenvalue weighted by Gasteiger charge is -2.34. The molecule has 2 aromatic rings. The number of nitrogens with zero attached hydrogens (tertiary/aromatic N) is 3. The summed E-state index contributed by atoms with van der Waals surface area (Å²) in [6, 6.07) is 10.3. The number of hydrogen-bond donors (Lipinski definition) is 0. The fourth-order valence-corrected chi connectivity index (χ4v) is 3.62. The molecule has 0 aliphatic carbocycles. The van der Waals surface area contributed by atoms with Gasteiger partial charge in [-0.15, -0.1) is 0 Å². The van der Waals surface area contributed by atoms with Crippen LogP contribution in [0.25, 0.3) is 6.08 Å². The van der Waals surface area contributed by atoms with Crippen LogP contribution in [0.15, 0.2) is 42.7 Å². The summed E-state index contributed by atoms with van der Waals surface area (Å²) in [5, 5.41) is 0.